The van der Waals surface area contributed by atoms with E-state index in [9.17, 15) is 0 Å². The Bertz CT molecular complexity index is 275. The van der Waals surface area contributed by atoms with Gasteiger partial charge in [0.1, 0.15) is 0 Å². The predicted octanol–water partition coefficient (Wildman–Crippen LogP) is 3.63. The summed E-state index contributed by atoms with van der Waals surface area (Å²) in [6.07, 6.45) is 0.990. The van der Waals surface area contributed by atoms with E-state index in [4.69, 9.17) is 17.3 Å². The average Bonchev–Trinajstić information content (AvgIpc) is 2.31. The molecule has 0 saturated heterocycles. The molecule has 0 radical (unpaired) electrons. The summed E-state index contributed by atoms with van der Waals surface area (Å²) in [5, 5.41) is 0. The fourth-order valence-electron chi connectivity index (χ4n) is 1.48. The van der Waals surface area contributed by atoms with E-state index in [-0.39, 0.29) is 5.54 Å². The van der Waals surface area contributed by atoms with Crippen molar-refractivity contribution in [2.75, 3.05) is 0 Å². The zero-order valence-corrected chi connectivity index (χ0v) is 9.88. The molecule has 0 aliphatic rings. The van der Waals surface area contributed by atoms with Crippen molar-refractivity contribution < 1.29 is 0 Å². The molecule has 3 heteroatoms. The number of nitrogens with two attached hydrogens (primary N) is 1. The maximum atomic E-state index is 5.95. The van der Waals surface area contributed by atoms with E-state index < -0.39 is 0 Å². The Morgan fingerprint density at radius 2 is 2.15 bits per heavy atom. The third-order valence-electron chi connectivity index (χ3n) is 1.91. The first-order valence-electron chi connectivity index (χ1n) is 4.42. The first kappa shape index (κ1) is 11.0. The van der Waals surface area contributed by atoms with Gasteiger partial charge in [-0.15, -0.1) is 11.3 Å². The zero-order valence-electron chi connectivity index (χ0n) is 8.30. The van der Waals surface area contributed by atoms with Gasteiger partial charge in [-0.2, -0.15) is 0 Å². The summed E-state index contributed by atoms with van der Waals surface area (Å²) in [7, 11) is 0. The largest absolute Gasteiger partial charge is 0.326 e. The highest BCUT2D eigenvalue weighted by Gasteiger charge is 2.17. The Hall–Kier alpha value is -0.0500. The molecule has 1 heterocycles. The van der Waals surface area contributed by atoms with Crippen LogP contribution in [-0.4, -0.2) is 5.54 Å². The lowest BCUT2D eigenvalue weighted by molar-refractivity contribution is 0.440. The van der Waals surface area contributed by atoms with Crippen molar-refractivity contribution in [3.05, 3.63) is 21.3 Å². The highest BCUT2D eigenvalue weighted by atomic mass is 35.5. The molecule has 13 heavy (non-hydrogen) atoms. The van der Waals surface area contributed by atoms with Crippen LogP contribution < -0.4 is 5.73 Å². The topological polar surface area (TPSA) is 26.0 Å². The molecule has 0 aliphatic carbocycles. The van der Waals surface area contributed by atoms with Crippen molar-refractivity contribution >= 4 is 22.9 Å². The van der Waals surface area contributed by atoms with Gasteiger partial charge in [0.15, 0.2) is 0 Å². The Morgan fingerprint density at radius 3 is 2.54 bits per heavy atom. The summed E-state index contributed by atoms with van der Waals surface area (Å²) in [6, 6.07) is 4.03. The summed E-state index contributed by atoms with van der Waals surface area (Å²) >= 11 is 7.51. The lowest BCUT2D eigenvalue weighted by atomic mass is 9.92. The number of thiophene rings is 1. The van der Waals surface area contributed by atoms with E-state index in [0.29, 0.717) is 5.92 Å². The second-order valence-electron chi connectivity index (χ2n) is 4.24. The highest BCUT2D eigenvalue weighted by Crippen LogP contribution is 2.31. The van der Waals surface area contributed by atoms with Crippen LogP contribution in [0.5, 0.6) is 0 Å². The van der Waals surface area contributed by atoms with Crippen molar-refractivity contribution in [1.82, 2.24) is 0 Å². The molecule has 0 saturated carbocycles. The third kappa shape index (κ3) is 3.67. The predicted molar refractivity (Wildman–Crippen MR) is 60.6 cm³/mol. The van der Waals surface area contributed by atoms with Crippen molar-refractivity contribution in [2.45, 2.75) is 38.6 Å². The van der Waals surface area contributed by atoms with Crippen LogP contribution in [0, 0.1) is 0 Å². The second-order valence-corrected chi connectivity index (χ2v) is 5.98. The van der Waals surface area contributed by atoms with E-state index in [1.807, 2.05) is 6.07 Å². The number of hydrogen-bond acceptors (Lipinski definition) is 2. The fraction of sp³-hybridized carbons (Fsp3) is 0.600. The van der Waals surface area contributed by atoms with Crippen LogP contribution in [0.2, 0.25) is 4.34 Å². The SMILES string of the molecule is CC(CC(C)(C)N)c1ccc(Cl)s1. The lowest BCUT2D eigenvalue weighted by Crippen LogP contribution is -2.33. The van der Waals surface area contributed by atoms with Crippen molar-refractivity contribution in [2.24, 2.45) is 5.73 Å². The Kier molecular flexibility index (Phi) is 3.38. The van der Waals surface area contributed by atoms with Crippen LogP contribution in [0.15, 0.2) is 12.1 Å². The van der Waals surface area contributed by atoms with Gasteiger partial charge in [0, 0.05) is 10.4 Å². The molecule has 74 valence electrons. The van der Waals surface area contributed by atoms with Crippen molar-refractivity contribution in [3.63, 3.8) is 0 Å². The molecule has 1 unspecified atom stereocenters. The molecule has 1 rings (SSSR count). The van der Waals surface area contributed by atoms with Crippen molar-refractivity contribution in [3.8, 4) is 0 Å². The monoisotopic (exact) mass is 217 g/mol. The molecule has 0 aromatic carbocycles. The van der Waals surface area contributed by atoms with Gasteiger partial charge in [0.25, 0.3) is 0 Å². The van der Waals surface area contributed by atoms with Crippen LogP contribution >= 0.6 is 22.9 Å². The molecule has 1 atom stereocenters. The van der Waals surface area contributed by atoms with E-state index in [2.05, 4.69) is 26.8 Å². The standard InChI is InChI=1S/C10H16ClNS/c1-7(6-10(2,3)12)8-4-5-9(11)13-8/h4-5,7H,6,12H2,1-3H3. The minimum Gasteiger partial charge on any atom is -0.326 e. The van der Waals surface area contributed by atoms with Gasteiger partial charge >= 0.3 is 0 Å². The molecule has 1 nitrogen and oxygen atoms in total. The molecular weight excluding hydrogens is 202 g/mol. The number of rotatable bonds is 3. The molecule has 1 aromatic rings. The number of halogens is 1. The molecule has 0 spiro atoms. The van der Waals surface area contributed by atoms with E-state index in [0.717, 1.165) is 10.8 Å². The first-order valence-corrected chi connectivity index (χ1v) is 5.62. The third-order valence-corrected chi connectivity index (χ3v) is 3.37. The maximum Gasteiger partial charge on any atom is 0.0931 e. The van der Waals surface area contributed by atoms with Gasteiger partial charge in [-0.25, -0.2) is 0 Å². The fourth-order valence-corrected chi connectivity index (χ4v) is 2.59. The number of hydrogen-bond donors (Lipinski definition) is 1. The van der Waals surface area contributed by atoms with Crippen molar-refractivity contribution in [1.29, 1.82) is 0 Å². The summed E-state index contributed by atoms with van der Waals surface area (Å²) in [5.41, 5.74) is 5.85. The molecule has 1 aromatic heterocycles. The van der Waals surface area contributed by atoms with Gasteiger partial charge in [-0.05, 0) is 38.3 Å². The summed E-state index contributed by atoms with van der Waals surface area (Å²) in [5.74, 6) is 0.498. The van der Waals surface area contributed by atoms with E-state index in [1.54, 1.807) is 11.3 Å². The summed E-state index contributed by atoms with van der Waals surface area (Å²) in [6.45, 7) is 6.30. The second kappa shape index (κ2) is 3.99. The minimum atomic E-state index is -0.101. The average molecular weight is 218 g/mol. The van der Waals surface area contributed by atoms with Gasteiger partial charge in [-0.1, -0.05) is 18.5 Å². The normalized spacial score (nSPS) is 14.5. The maximum absolute atomic E-state index is 5.95. The van der Waals surface area contributed by atoms with Gasteiger partial charge < -0.3 is 5.73 Å². The molecular formula is C10H16ClNS. The Morgan fingerprint density at radius 1 is 1.54 bits per heavy atom. The first-order chi connectivity index (χ1) is 5.88. The van der Waals surface area contributed by atoms with Crippen LogP contribution in [0.1, 0.15) is 38.0 Å². The Balaban J connectivity index is 2.64. The van der Waals surface area contributed by atoms with E-state index in [1.165, 1.54) is 4.88 Å². The van der Waals surface area contributed by atoms with Crippen LogP contribution in [0.4, 0.5) is 0 Å². The van der Waals surface area contributed by atoms with Crippen LogP contribution in [0.3, 0.4) is 0 Å². The van der Waals surface area contributed by atoms with Gasteiger partial charge in [0.05, 0.1) is 4.34 Å². The molecule has 0 aliphatic heterocycles. The molecule has 0 bridgehead atoms. The summed E-state index contributed by atoms with van der Waals surface area (Å²) in [4.78, 5) is 1.32. The zero-order chi connectivity index (χ0) is 10.1. The Labute approximate surface area is 88.9 Å². The summed E-state index contributed by atoms with van der Waals surface area (Å²) < 4.78 is 0.858. The molecule has 0 fully saturated rings. The van der Waals surface area contributed by atoms with Gasteiger partial charge in [0.2, 0.25) is 0 Å². The smallest absolute Gasteiger partial charge is 0.0931 e. The van der Waals surface area contributed by atoms with E-state index >= 15 is 0 Å². The van der Waals surface area contributed by atoms with Crippen LogP contribution in [0.25, 0.3) is 0 Å². The lowest BCUT2D eigenvalue weighted by Gasteiger charge is -2.22. The quantitative estimate of drug-likeness (QED) is 0.822. The minimum absolute atomic E-state index is 0.101. The van der Waals surface area contributed by atoms with Gasteiger partial charge in [-0.3, -0.25) is 0 Å². The molecule has 0 amide bonds. The highest BCUT2D eigenvalue weighted by molar-refractivity contribution is 7.16. The van der Waals surface area contributed by atoms with Crippen LogP contribution in [-0.2, 0) is 0 Å². The molecule has 2 N–H and O–H groups in total.